The van der Waals surface area contributed by atoms with Crippen molar-refractivity contribution in [1.82, 2.24) is 14.4 Å². The zero-order valence-corrected chi connectivity index (χ0v) is 15.1. The summed E-state index contributed by atoms with van der Waals surface area (Å²) in [5.74, 6) is 0.732. The number of nitrogens with zero attached hydrogens (tertiary/aromatic N) is 3. The maximum atomic E-state index is 4.68. The van der Waals surface area contributed by atoms with Crippen molar-refractivity contribution >= 4 is 21.7 Å². The summed E-state index contributed by atoms with van der Waals surface area (Å²) in [5.41, 5.74) is 6.51. The van der Waals surface area contributed by atoms with Gasteiger partial charge in [0.05, 0.1) is 15.9 Å². The van der Waals surface area contributed by atoms with Crippen LogP contribution in [0.15, 0.2) is 65.3 Å². The first-order valence-electron chi connectivity index (χ1n) is 7.81. The number of aromatic nitrogens is 3. The number of imidazole rings is 1. The van der Waals surface area contributed by atoms with Gasteiger partial charge in [-0.1, -0.05) is 54.6 Å². The first-order valence-corrected chi connectivity index (χ1v) is 8.60. The van der Waals surface area contributed by atoms with Gasteiger partial charge in [0.2, 0.25) is 5.78 Å². The van der Waals surface area contributed by atoms with Crippen LogP contribution in [0.2, 0.25) is 0 Å². The van der Waals surface area contributed by atoms with Crippen molar-refractivity contribution in [2.24, 2.45) is 0 Å². The SMILES string of the molecule is Cc1nc2nc(-c3ccc(-c4ccccc4)cc3)cn2c(C)c1Br. The summed E-state index contributed by atoms with van der Waals surface area (Å²) in [6.07, 6.45) is 2.04. The molecule has 2 aromatic heterocycles. The Hall–Kier alpha value is -2.46. The van der Waals surface area contributed by atoms with E-state index in [2.05, 4.69) is 81.4 Å². The maximum absolute atomic E-state index is 4.68. The Morgan fingerprint density at radius 3 is 2.12 bits per heavy atom. The molecule has 0 N–H and O–H groups in total. The van der Waals surface area contributed by atoms with Crippen LogP contribution < -0.4 is 0 Å². The van der Waals surface area contributed by atoms with Crippen molar-refractivity contribution in [2.75, 3.05) is 0 Å². The fourth-order valence-corrected chi connectivity index (χ4v) is 3.15. The van der Waals surface area contributed by atoms with Gasteiger partial charge in [-0.25, -0.2) is 9.97 Å². The molecule has 4 aromatic rings. The van der Waals surface area contributed by atoms with Crippen molar-refractivity contribution < 1.29 is 0 Å². The lowest BCUT2D eigenvalue weighted by molar-refractivity contribution is 0.996. The summed E-state index contributed by atoms with van der Waals surface area (Å²) in [6.45, 7) is 4.05. The van der Waals surface area contributed by atoms with E-state index < -0.39 is 0 Å². The maximum Gasteiger partial charge on any atom is 0.234 e. The minimum Gasteiger partial charge on any atom is -0.287 e. The first kappa shape index (κ1) is 15.1. The molecule has 0 fully saturated rings. The average Bonchev–Trinajstić information content (AvgIpc) is 3.05. The highest BCUT2D eigenvalue weighted by atomic mass is 79.9. The van der Waals surface area contributed by atoms with E-state index in [0.29, 0.717) is 0 Å². The van der Waals surface area contributed by atoms with Crippen molar-refractivity contribution in [1.29, 1.82) is 0 Å². The number of rotatable bonds is 2. The molecule has 2 heterocycles. The molecule has 24 heavy (non-hydrogen) atoms. The Kier molecular flexibility index (Phi) is 3.69. The Morgan fingerprint density at radius 2 is 1.42 bits per heavy atom. The monoisotopic (exact) mass is 377 g/mol. The van der Waals surface area contributed by atoms with Crippen LogP contribution in [0.4, 0.5) is 0 Å². The van der Waals surface area contributed by atoms with E-state index in [4.69, 9.17) is 0 Å². The van der Waals surface area contributed by atoms with E-state index in [1.165, 1.54) is 11.1 Å². The van der Waals surface area contributed by atoms with Gasteiger partial charge < -0.3 is 0 Å². The number of benzene rings is 2. The second-order valence-electron chi connectivity index (χ2n) is 5.84. The molecule has 4 heteroatoms. The Morgan fingerprint density at radius 1 is 0.792 bits per heavy atom. The lowest BCUT2D eigenvalue weighted by Crippen LogP contribution is -1.97. The largest absolute Gasteiger partial charge is 0.287 e. The molecular weight excluding hydrogens is 362 g/mol. The fraction of sp³-hybridized carbons (Fsp3) is 0.100. The van der Waals surface area contributed by atoms with E-state index in [9.17, 15) is 0 Å². The van der Waals surface area contributed by atoms with Gasteiger partial charge in [0.15, 0.2) is 0 Å². The van der Waals surface area contributed by atoms with Crippen molar-refractivity contribution in [2.45, 2.75) is 13.8 Å². The third kappa shape index (κ3) is 2.53. The summed E-state index contributed by atoms with van der Waals surface area (Å²) in [5, 5.41) is 0. The van der Waals surface area contributed by atoms with Crippen LogP contribution in [0.5, 0.6) is 0 Å². The van der Waals surface area contributed by atoms with Crippen molar-refractivity contribution in [3.05, 3.63) is 76.7 Å². The molecule has 0 aliphatic heterocycles. The van der Waals surface area contributed by atoms with Crippen LogP contribution in [0.3, 0.4) is 0 Å². The second kappa shape index (κ2) is 5.87. The Balaban J connectivity index is 1.76. The third-order valence-corrected chi connectivity index (χ3v) is 5.39. The van der Waals surface area contributed by atoms with E-state index in [-0.39, 0.29) is 0 Å². The number of aryl methyl sites for hydroxylation is 2. The predicted octanol–water partition coefficient (Wildman–Crippen LogP) is 5.44. The predicted molar refractivity (Wildman–Crippen MR) is 101 cm³/mol. The first-order chi connectivity index (χ1) is 11.6. The normalized spacial score (nSPS) is 11.1. The Labute approximate surface area is 149 Å². The van der Waals surface area contributed by atoms with Crippen LogP contribution in [0, 0.1) is 13.8 Å². The minimum atomic E-state index is 0.732. The third-order valence-electron chi connectivity index (χ3n) is 4.24. The smallest absolute Gasteiger partial charge is 0.234 e. The van der Waals surface area contributed by atoms with Crippen LogP contribution in [-0.4, -0.2) is 14.4 Å². The molecule has 0 amide bonds. The second-order valence-corrected chi connectivity index (χ2v) is 6.63. The molecule has 118 valence electrons. The molecule has 0 saturated heterocycles. The van der Waals surface area contributed by atoms with Crippen LogP contribution >= 0.6 is 15.9 Å². The van der Waals surface area contributed by atoms with Crippen LogP contribution in [0.25, 0.3) is 28.2 Å². The van der Waals surface area contributed by atoms with Gasteiger partial charge in [0, 0.05) is 17.5 Å². The number of halogens is 1. The van der Waals surface area contributed by atoms with Gasteiger partial charge in [-0.05, 0) is 40.9 Å². The van der Waals surface area contributed by atoms with Gasteiger partial charge in [0.1, 0.15) is 0 Å². The summed E-state index contributed by atoms with van der Waals surface area (Å²) in [6, 6.07) is 18.9. The highest BCUT2D eigenvalue weighted by Gasteiger charge is 2.11. The molecule has 0 aliphatic rings. The van der Waals surface area contributed by atoms with Crippen molar-refractivity contribution in [3.63, 3.8) is 0 Å². The van der Waals surface area contributed by atoms with Gasteiger partial charge in [-0.15, -0.1) is 0 Å². The summed E-state index contributed by atoms with van der Waals surface area (Å²) in [4.78, 5) is 9.23. The molecule has 0 saturated carbocycles. The molecule has 0 bridgehead atoms. The molecule has 0 unspecified atom stereocenters. The fourth-order valence-electron chi connectivity index (χ4n) is 2.87. The lowest BCUT2D eigenvalue weighted by atomic mass is 10.0. The van der Waals surface area contributed by atoms with Crippen LogP contribution in [0.1, 0.15) is 11.4 Å². The molecule has 0 spiro atoms. The molecule has 0 radical (unpaired) electrons. The van der Waals surface area contributed by atoms with Gasteiger partial charge in [-0.3, -0.25) is 4.40 Å². The molecule has 2 aromatic carbocycles. The van der Waals surface area contributed by atoms with Crippen molar-refractivity contribution in [3.8, 4) is 22.4 Å². The zero-order chi connectivity index (χ0) is 16.7. The molecule has 4 rings (SSSR count). The van der Waals surface area contributed by atoms with Gasteiger partial charge >= 0.3 is 0 Å². The zero-order valence-electron chi connectivity index (χ0n) is 13.5. The van der Waals surface area contributed by atoms with E-state index >= 15 is 0 Å². The highest BCUT2D eigenvalue weighted by Crippen LogP contribution is 2.26. The summed E-state index contributed by atoms with van der Waals surface area (Å²) in [7, 11) is 0. The number of fused-ring (bicyclic) bond motifs is 1. The van der Waals surface area contributed by atoms with Crippen LogP contribution in [-0.2, 0) is 0 Å². The standard InChI is InChI=1S/C20H16BrN3/c1-13-19(21)14(2)24-12-18(23-20(24)22-13)17-10-8-16(9-11-17)15-6-4-3-5-7-15/h3-12H,1-2H3. The molecule has 3 nitrogen and oxygen atoms in total. The Bertz CT molecular complexity index is 1020. The lowest BCUT2D eigenvalue weighted by Gasteiger charge is -2.04. The van der Waals surface area contributed by atoms with Gasteiger partial charge in [-0.2, -0.15) is 0 Å². The molecule has 0 atom stereocenters. The quantitative estimate of drug-likeness (QED) is 0.465. The molecule has 0 aliphatic carbocycles. The van der Waals surface area contributed by atoms with E-state index in [1.54, 1.807) is 0 Å². The average molecular weight is 378 g/mol. The number of hydrogen-bond donors (Lipinski definition) is 0. The summed E-state index contributed by atoms with van der Waals surface area (Å²) < 4.78 is 3.05. The number of hydrogen-bond acceptors (Lipinski definition) is 2. The molecular formula is C20H16BrN3. The highest BCUT2D eigenvalue weighted by molar-refractivity contribution is 9.10. The minimum absolute atomic E-state index is 0.732. The summed E-state index contributed by atoms with van der Waals surface area (Å²) >= 11 is 3.59. The van der Waals surface area contributed by atoms with Gasteiger partial charge in [0.25, 0.3) is 0 Å². The van der Waals surface area contributed by atoms with E-state index in [0.717, 1.165) is 32.9 Å². The topological polar surface area (TPSA) is 30.2 Å². The van der Waals surface area contributed by atoms with E-state index in [1.807, 2.05) is 23.6 Å².